The highest BCUT2D eigenvalue weighted by molar-refractivity contribution is 9.10. The SMILES string of the molecule is CCOc1cccc(N2C(=O)/C(=C\c3cc(Br)cc(OC)c3O)C(=O)NC2=S)c1. The minimum atomic E-state index is -0.657. The van der Waals surface area contributed by atoms with E-state index in [1.807, 2.05) is 6.92 Å². The van der Waals surface area contributed by atoms with Gasteiger partial charge in [-0.15, -0.1) is 0 Å². The summed E-state index contributed by atoms with van der Waals surface area (Å²) >= 11 is 8.52. The van der Waals surface area contributed by atoms with E-state index >= 15 is 0 Å². The van der Waals surface area contributed by atoms with Crippen molar-refractivity contribution < 1.29 is 24.2 Å². The van der Waals surface area contributed by atoms with Gasteiger partial charge in [0.2, 0.25) is 0 Å². The fourth-order valence-corrected chi connectivity index (χ4v) is 3.52. The topological polar surface area (TPSA) is 88.1 Å². The van der Waals surface area contributed by atoms with Gasteiger partial charge in [-0.05, 0) is 49.5 Å². The van der Waals surface area contributed by atoms with Crippen molar-refractivity contribution >= 4 is 56.8 Å². The predicted octanol–water partition coefficient (Wildman–Crippen LogP) is 3.39. The number of benzene rings is 2. The van der Waals surface area contributed by atoms with Crippen molar-refractivity contribution in [3.63, 3.8) is 0 Å². The van der Waals surface area contributed by atoms with Gasteiger partial charge in [-0.2, -0.15) is 0 Å². The second-order valence-corrected chi connectivity index (χ2v) is 7.24. The molecule has 0 spiro atoms. The van der Waals surface area contributed by atoms with Crippen LogP contribution in [0.5, 0.6) is 17.2 Å². The van der Waals surface area contributed by atoms with Crippen LogP contribution in [0.25, 0.3) is 6.08 Å². The molecule has 0 bridgehead atoms. The van der Waals surface area contributed by atoms with Crippen LogP contribution in [0.1, 0.15) is 12.5 Å². The van der Waals surface area contributed by atoms with Crippen LogP contribution >= 0.6 is 28.1 Å². The van der Waals surface area contributed by atoms with E-state index < -0.39 is 11.8 Å². The molecule has 1 fully saturated rings. The largest absolute Gasteiger partial charge is 0.504 e. The summed E-state index contributed by atoms with van der Waals surface area (Å²) in [5, 5.41) is 12.8. The van der Waals surface area contributed by atoms with Gasteiger partial charge in [0, 0.05) is 16.1 Å². The first-order chi connectivity index (χ1) is 13.8. The summed E-state index contributed by atoms with van der Waals surface area (Å²) in [4.78, 5) is 26.8. The molecule has 1 heterocycles. The molecule has 1 saturated heterocycles. The molecule has 0 aliphatic carbocycles. The number of methoxy groups -OCH3 is 1. The summed E-state index contributed by atoms with van der Waals surface area (Å²) in [5.41, 5.74) is 0.509. The number of ether oxygens (including phenoxy) is 2. The fourth-order valence-electron chi connectivity index (χ4n) is 2.79. The summed E-state index contributed by atoms with van der Waals surface area (Å²) in [6.45, 7) is 2.32. The van der Waals surface area contributed by atoms with Gasteiger partial charge in [-0.1, -0.05) is 22.0 Å². The number of phenols is 1. The summed E-state index contributed by atoms with van der Waals surface area (Å²) < 4.78 is 11.2. The van der Waals surface area contributed by atoms with Crippen LogP contribution in [0.15, 0.2) is 46.4 Å². The quantitative estimate of drug-likeness (QED) is 0.390. The van der Waals surface area contributed by atoms with E-state index in [2.05, 4.69) is 21.2 Å². The minimum absolute atomic E-state index is 0.0400. The van der Waals surface area contributed by atoms with Gasteiger partial charge in [-0.3, -0.25) is 19.8 Å². The molecule has 2 aromatic carbocycles. The Bertz CT molecular complexity index is 1040. The number of halogens is 1. The molecule has 0 aromatic heterocycles. The zero-order valence-corrected chi connectivity index (χ0v) is 18.0. The van der Waals surface area contributed by atoms with Gasteiger partial charge in [0.15, 0.2) is 16.6 Å². The molecule has 0 unspecified atom stereocenters. The third-order valence-electron chi connectivity index (χ3n) is 4.08. The van der Waals surface area contributed by atoms with Crippen molar-refractivity contribution in [3.05, 3.63) is 52.0 Å². The molecule has 2 aromatic rings. The standard InChI is InChI=1S/C20H17BrN2O5S/c1-3-28-14-6-4-5-13(10-14)23-19(26)15(18(25)22-20(23)29)8-11-7-12(21)9-16(27-2)17(11)24/h4-10,24H,3H2,1-2H3,(H,22,25,29)/b15-8-. The number of hydrogen-bond donors (Lipinski definition) is 2. The second kappa shape index (κ2) is 8.62. The first-order valence-electron chi connectivity index (χ1n) is 8.56. The Morgan fingerprint density at radius 2 is 2.03 bits per heavy atom. The zero-order chi connectivity index (χ0) is 21.1. The number of carbonyl (C=O) groups excluding carboxylic acids is 2. The molecule has 2 N–H and O–H groups in total. The van der Waals surface area contributed by atoms with Crippen molar-refractivity contribution in [2.45, 2.75) is 6.92 Å². The maximum atomic E-state index is 13.1. The Labute approximate surface area is 181 Å². The maximum Gasteiger partial charge on any atom is 0.270 e. The van der Waals surface area contributed by atoms with Crippen molar-refractivity contribution in [1.82, 2.24) is 5.32 Å². The molecular weight excluding hydrogens is 460 g/mol. The van der Waals surface area contributed by atoms with E-state index in [0.717, 1.165) is 0 Å². The van der Waals surface area contributed by atoms with E-state index in [-0.39, 0.29) is 27.7 Å². The highest BCUT2D eigenvalue weighted by Gasteiger charge is 2.35. The number of phenolic OH excluding ortho intramolecular Hbond substituents is 1. The van der Waals surface area contributed by atoms with Gasteiger partial charge in [-0.25, -0.2) is 0 Å². The van der Waals surface area contributed by atoms with Gasteiger partial charge >= 0.3 is 0 Å². The monoisotopic (exact) mass is 476 g/mol. The van der Waals surface area contributed by atoms with Gasteiger partial charge in [0.1, 0.15) is 11.3 Å². The lowest BCUT2D eigenvalue weighted by molar-refractivity contribution is -0.122. The summed E-state index contributed by atoms with van der Waals surface area (Å²) in [5.74, 6) is -0.702. The number of carbonyl (C=O) groups is 2. The van der Waals surface area contributed by atoms with Gasteiger partial charge in [0.05, 0.1) is 19.4 Å². The second-order valence-electron chi connectivity index (χ2n) is 5.93. The van der Waals surface area contributed by atoms with E-state index in [1.54, 1.807) is 36.4 Å². The lowest BCUT2D eigenvalue weighted by Gasteiger charge is -2.29. The molecule has 29 heavy (non-hydrogen) atoms. The Kier molecular flexibility index (Phi) is 6.19. The van der Waals surface area contributed by atoms with E-state index in [9.17, 15) is 14.7 Å². The maximum absolute atomic E-state index is 13.1. The highest BCUT2D eigenvalue weighted by Crippen LogP contribution is 2.35. The molecule has 3 rings (SSSR count). The van der Waals surface area contributed by atoms with Crippen LogP contribution in [0.3, 0.4) is 0 Å². The third-order valence-corrected chi connectivity index (χ3v) is 4.82. The summed E-state index contributed by atoms with van der Waals surface area (Å²) in [6.07, 6.45) is 1.29. The normalized spacial score (nSPS) is 15.5. The van der Waals surface area contributed by atoms with E-state index in [4.69, 9.17) is 21.7 Å². The number of nitrogens with one attached hydrogen (secondary N) is 1. The highest BCUT2D eigenvalue weighted by atomic mass is 79.9. The minimum Gasteiger partial charge on any atom is -0.504 e. The molecule has 1 aliphatic heterocycles. The molecule has 9 heteroatoms. The average Bonchev–Trinajstić information content (AvgIpc) is 2.67. The van der Waals surface area contributed by atoms with Crippen molar-refractivity contribution in [1.29, 1.82) is 0 Å². The van der Waals surface area contributed by atoms with Crippen LogP contribution in [0, 0.1) is 0 Å². The first-order valence-corrected chi connectivity index (χ1v) is 9.76. The van der Waals surface area contributed by atoms with Gasteiger partial charge in [0.25, 0.3) is 11.8 Å². The number of nitrogens with zero attached hydrogens (tertiary/aromatic N) is 1. The number of anilines is 1. The Morgan fingerprint density at radius 3 is 2.72 bits per heavy atom. The number of aromatic hydroxyl groups is 1. The first kappa shape index (κ1) is 20.8. The lowest BCUT2D eigenvalue weighted by atomic mass is 10.1. The van der Waals surface area contributed by atoms with Crippen LogP contribution in [0.2, 0.25) is 0 Å². The van der Waals surface area contributed by atoms with Crippen molar-refractivity contribution in [3.8, 4) is 17.2 Å². The third kappa shape index (κ3) is 4.25. The number of hydrogen-bond acceptors (Lipinski definition) is 6. The lowest BCUT2D eigenvalue weighted by Crippen LogP contribution is -2.54. The van der Waals surface area contributed by atoms with Crippen molar-refractivity contribution in [2.75, 3.05) is 18.6 Å². The van der Waals surface area contributed by atoms with Crippen molar-refractivity contribution in [2.24, 2.45) is 0 Å². The van der Waals surface area contributed by atoms with E-state index in [0.29, 0.717) is 22.5 Å². The van der Waals surface area contributed by atoms with Gasteiger partial charge < -0.3 is 14.6 Å². The smallest absolute Gasteiger partial charge is 0.270 e. The number of rotatable bonds is 5. The molecule has 7 nitrogen and oxygen atoms in total. The molecule has 2 amide bonds. The predicted molar refractivity (Wildman–Crippen MR) is 116 cm³/mol. The Hall–Kier alpha value is -2.91. The van der Waals surface area contributed by atoms with E-state index in [1.165, 1.54) is 18.1 Å². The Morgan fingerprint density at radius 1 is 1.28 bits per heavy atom. The zero-order valence-electron chi connectivity index (χ0n) is 15.6. The molecular formula is C20H17BrN2O5S. The Balaban J connectivity index is 2.05. The molecule has 1 aliphatic rings. The molecule has 0 saturated carbocycles. The molecule has 0 radical (unpaired) electrons. The van der Waals surface area contributed by atoms with Crippen LogP contribution in [-0.2, 0) is 9.59 Å². The van der Waals surface area contributed by atoms with Crippen LogP contribution in [-0.4, -0.2) is 35.8 Å². The number of amides is 2. The molecule has 0 atom stereocenters. The summed E-state index contributed by atoms with van der Waals surface area (Å²) in [6, 6.07) is 9.95. The van der Waals surface area contributed by atoms with Crippen LogP contribution in [0.4, 0.5) is 5.69 Å². The summed E-state index contributed by atoms with van der Waals surface area (Å²) in [7, 11) is 1.41. The fraction of sp³-hybridized carbons (Fsp3) is 0.150. The molecule has 150 valence electrons. The average molecular weight is 477 g/mol. The number of thiocarbonyl (C=S) groups is 1. The van der Waals surface area contributed by atoms with Crippen LogP contribution < -0.4 is 19.7 Å².